The summed E-state index contributed by atoms with van der Waals surface area (Å²) in [4.78, 5) is 8.70. The van der Waals surface area contributed by atoms with E-state index in [-0.39, 0.29) is 0 Å². The first-order valence-corrected chi connectivity index (χ1v) is 6.07. The van der Waals surface area contributed by atoms with Gasteiger partial charge in [-0.1, -0.05) is 6.92 Å². The monoisotopic (exact) mass is 263 g/mol. The summed E-state index contributed by atoms with van der Waals surface area (Å²) in [6, 6.07) is 3.40. The molecule has 0 unspecified atom stereocenters. The number of aromatic nitrogens is 2. The van der Waals surface area contributed by atoms with Gasteiger partial charge in [-0.25, -0.2) is 18.7 Å². The number of hydrogen-bond donors (Lipinski definition) is 1. The zero-order chi connectivity index (χ0) is 14.0. The van der Waals surface area contributed by atoms with Crippen LogP contribution in [-0.4, -0.2) is 17.0 Å². The lowest BCUT2D eigenvalue weighted by atomic mass is 10.1. The summed E-state index contributed by atoms with van der Waals surface area (Å²) in [6.07, 6.45) is 0.653. The fraction of sp³-hybridized carbons (Fsp3) is 0.286. The second-order valence-corrected chi connectivity index (χ2v) is 4.22. The standard InChI is InChI=1S/C14H15F2N3/c1-4-12-18-13(8(2)14(17-3)19-12)9-5-10(15)7-11(16)6-9/h5-7H,4H2,1-3H3,(H,17,18,19). The van der Waals surface area contributed by atoms with Crippen LogP contribution in [0.5, 0.6) is 0 Å². The van der Waals surface area contributed by atoms with Crippen LogP contribution >= 0.6 is 0 Å². The largest absolute Gasteiger partial charge is 0.373 e. The number of benzene rings is 1. The van der Waals surface area contributed by atoms with Crippen LogP contribution in [0.3, 0.4) is 0 Å². The average Bonchev–Trinajstić information content (AvgIpc) is 2.37. The van der Waals surface area contributed by atoms with Crippen molar-refractivity contribution >= 4 is 5.82 Å². The lowest BCUT2D eigenvalue weighted by Gasteiger charge is -2.12. The Labute approximate surface area is 110 Å². The van der Waals surface area contributed by atoms with Crippen molar-refractivity contribution in [2.24, 2.45) is 0 Å². The SMILES string of the molecule is CCc1nc(NC)c(C)c(-c2cc(F)cc(F)c2)n1. The zero-order valence-electron chi connectivity index (χ0n) is 11.1. The van der Waals surface area contributed by atoms with Gasteiger partial charge in [0, 0.05) is 30.7 Å². The number of rotatable bonds is 3. The van der Waals surface area contributed by atoms with Crippen molar-refractivity contribution in [3.63, 3.8) is 0 Å². The molecule has 0 aliphatic heterocycles. The van der Waals surface area contributed by atoms with Gasteiger partial charge in [-0.3, -0.25) is 0 Å². The maximum atomic E-state index is 13.3. The van der Waals surface area contributed by atoms with Crippen LogP contribution in [0.15, 0.2) is 18.2 Å². The predicted molar refractivity (Wildman–Crippen MR) is 71.0 cm³/mol. The van der Waals surface area contributed by atoms with Crippen molar-refractivity contribution in [2.45, 2.75) is 20.3 Å². The topological polar surface area (TPSA) is 37.8 Å². The lowest BCUT2D eigenvalue weighted by molar-refractivity contribution is 0.584. The fourth-order valence-corrected chi connectivity index (χ4v) is 1.94. The summed E-state index contributed by atoms with van der Waals surface area (Å²) in [5, 5.41) is 2.97. The number of aryl methyl sites for hydroxylation is 1. The van der Waals surface area contributed by atoms with E-state index in [1.165, 1.54) is 12.1 Å². The van der Waals surface area contributed by atoms with Crippen LogP contribution in [0.4, 0.5) is 14.6 Å². The van der Waals surface area contributed by atoms with Crippen LogP contribution < -0.4 is 5.32 Å². The van der Waals surface area contributed by atoms with Crippen molar-refractivity contribution in [1.29, 1.82) is 0 Å². The first kappa shape index (κ1) is 13.4. The molecule has 2 rings (SSSR count). The van der Waals surface area contributed by atoms with Gasteiger partial charge in [0.1, 0.15) is 23.3 Å². The molecule has 19 heavy (non-hydrogen) atoms. The minimum atomic E-state index is -0.614. The summed E-state index contributed by atoms with van der Waals surface area (Å²) in [6.45, 7) is 3.75. The smallest absolute Gasteiger partial charge is 0.132 e. The van der Waals surface area contributed by atoms with Crippen molar-refractivity contribution in [1.82, 2.24) is 9.97 Å². The highest BCUT2D eigenvalue weighted by atomic mass is 19.1. The van der Waals surface area contributed by atoms with Crippen LogP contribution in [0.1, 0.15) is 18.3 Å². The highest BCUT2D eigenvalue weighted by Crippen LogP contribution is 2.27. The highest BCUT2D eigenvalue weighted by molar-refractivity contribution is 5.68. The molecule has 100 valence electrons. The van der Waals surface area contributed by atoms with E-state index in [2.05, 4.69) is 15.3 Å². The Morgan fingerprint density at radius 3 is 2.26 bits per heavy atom. The van der Waals surface area contributed by atoms with Crippen LogP contribution in [0.2, 0.25) is 0 Å². The molecule has 5 heteroatoms. The molecule has 3 nitrogen and oxygen atoms in total. The quantitative estimate of drug-likeness (QED) is 0.923. The van der Waals surface area contributed by atoms with E-state index >= 15 is 0 Å². The van der Waals surface area contributed by atoms with Crippen LogP contribution in [-0.2, 0) is 6.42 Å². The molecule has 2 aromatic rings. The lowest BCUT2D eigenvalue weighted by Crippen LogP contribution is -2.05. The summed E-state index contributed by atoms with van der Waals surface area (Å²) < 4.78 is 26.6. The normalized spacial score (nSPS) is 10.6. The summed E-state index contributed by atoms with van der Waals surface area (Å²) in [5.41, 5.74) is 1.74. The van der Waals surface area contributed by atoms with Gasteiger partial charge in [-0.2, -0.15) is 0 Å². The molecule has 0 bridgehead atoms. The third-order valence-electron chi connectivity index (χ3n) is 2.88. The van der Waals surface area contributed by atoms with Crippen molar-refractivity contribution in [3.05, 3.63) is 41.2 Å². The van der Waals surface area contributed by atoms with Crippen molar-refractivity contribution < 1.29 is 8.78 Å². The Morgan fingerprint density at radius 2 is 1.74 bits per heavy atom. The van der Waals surface area contributed by atoms with E-state index < -0.39 is 11.6 Å². The van der Waals surface area contributed by atoms with Gasteiger partial charge in [0.05, 0.1) is 5.69 Å². The molecule has 1 aromatic carbocycles. The van der Waals surface area contributed by atoms with Gasteiger partial charge in [0.25, 0.3) is 0 Å². The molecule has 0 saturated heterocycles. The Kier molecular flexibility index (Phi) is 3.74. The summed E-state index contributed by atoms with van der Waals surface area (Å²) >= 11 is 0. The molecule has 0 aliphatic carbocycles. The molecule has 0 saturated carbocycles. The fourth-order valence-electron chi connectivity index (χ4n) is 1.94. The van der Waals surface area contributed by atoms with E-state index in [1.54, 1.807) is 7.05 Å². The summed E-state index contributed by atoms with van der Waals surface area (Å²) in [5.74, 6) is 0.0790. The molecule has 0 radical (unpaired) electrons. The molecule has 1 heterocycles. The van der Waals surface area contributed by atoms with Gasteiger partial charge in [-0.05, 0) is 19.1 Å². The van der Waals surface area contributed by atoms with E-state index in [1.807, 2.05) is 13.8 Å². The molecule has 0 aliphatic rings. The van der Waals surface area contributed by atoms with Crippen molar-refractivity contribution in [3.8, 4) is 11.3 Å². The molecule has 0 atom stereocenters. The molecule has 0 spiro atoms. The van der Waals surface area contributed by atoms with Gasteiger partial charge in [0.15, 0.2) is 0 Å². The molecule has 1 aromatic heterocycles. The molecule has 1 N–H and O–H groups in total. The number of hydrogen-bond acceptors (Lipinski definition) is 3. The second-order valence-electron chi connectivity index (χ2n) is 4.22. The maximum absolute atomic E-state index is 13.3. The molecular weight excluding hydrogens is 248 g/mol. The number of anilines is 1. The molecule has 0 fully saturated rings. The third-order valence-corrected chi connectivity index (χ3v) is 2.88. The number of nitrogens with zero attached hydrogens (tertiary/aromatic N) is 2. The third kappa shape index (κ3) is 2.70. The Bertz CT molecular complexity index is 592. The van der Waals surface area contributed by atoms with Gasteiger partial charge in [-0.15, -0.1) is 0 Å². The summed E-state index contributed by atoms with van der Waals surface area (Å²) in [7, 11) is 1.75. The minimum Gasteiger partial charge on any atom is -0.373 e. The highest BCUT2D eigenvalue weighted by Gasteiger charge is 2.13. The van der Waals surface area contributed by atoms with E-state index in [0.717, 1.165) is 11.6 Å². The maximum Gasteiger partial charge on any atom is 0.132 e. The van der Waals surface area contributed by atoms with Gasteiger partial charge < -0.3 is 5.32 Å². The molecule has 0 amide bonds. The van der Waals surface area contributed by atoms with E-state index in [0.29, 0.717) is 29.3 Å². The zero-order valence-corrected chi connectivity index (χ0v) is 11.1. The van der Waals surface area contributed by atoms with Crippen LogP contribution in [0, 0.1) is 18.6 Å². The second kappa shape index (κ2) is 5.30. The van der Waals surface area contributed by atoms with Gasteiger partial charge in [0.2, 0.25) is 0 Å². The first-order valence-electron chi connectivity index (χ1n) is 6.07. The Balaban J connectivity index is 2.66. The Morgan fingerprint density at radius 1 is 1.11 bits per heavy atom. The average molecular weight is 263 g/mol. The molecular formula is C14H15F2N3. The minimum absolute atomic E-state index is 0.420. The van der Waals surface area contributed by atoms with Crippen LogP contribution in [0.25, 0.3) is 11.3 Å². The number of halogens is 2. The van der Waals surface area contributed by atoms with E-state index in [4.69, 9.17) is 0 Å². The number of nitrogens with one attached hydrogen (secondary N) is 1. The van der Waals surface area contributed by atoms with Crippen molar-refractivity contribution in [2.75, 3.05) is 12.4 Å². The Hall–Kier alpha value is -2.04. The van der Waals surface area contributed by atoms with E-state index in [9.17, 15) is 8.78 Å². The first-order chi connectivity index (χ1) is 9.05. The van der Waals surface area contributed by atoms with Gasteiger partial charge >= 0.3 is 0 Å². The predicted octanol–water partition coefficient (Wildman–Crippen LogP) is 3.33.